The fraction of sp³-hybridized carbons (Fsp3) is 0.417. The first-order valence-electron chi connectivity index (χ1n) is 6.05. The highest BCUT2D eigenvalue weighted by Crippen LogP contribution is 2.16. The molecule has 0 fully saturated rings. The molecule has 7 nitrogen and oxygen atoms in total. The zero-order valence-electron chi connectivity index (χ0n) is 11.4. The van der Waals surface area contributed by atoms with Gasteiger partial charge in [-0.1, -0.05) is 12.1 Å². The molecule has 4 N–H and O–H groups in total. The van der Waals surface area contributed by atoms with E-state index < -0.39 is 22.2 Å². The van der Waals surface area contributed by atoms with Gasteiger partial charge in [-0.15, -0.1) is 0 Å². The number of nitrogens with one attached hydrogen (secondary N) is 3. The Kier molecular flexibility index (Phi) is 5.93. The van der Waals surface area contributed by atoms with Crippen molar-refractivity contribution in [1.29, 1.82) is 0 Å². The van der Waals surface area contributed by atoms with Gasteiger partial charge in [-0.3, -0.25) is 0 Å². The van der Waals surface area contributed by atoms with Crippen LogP contribution in [0.3, 0.4) is 0 Å². The SMILES string of the molecule is CC(O)c1cccc(NC(=O)NCCNS(C)(=O)=O)c1. The molecule has 0 heterocycles. The Balaban J connectivity index is 2.41. The Morgan fingerprint density at radius 1 is 1.35 bits per heavy atom. The van der Waals surface area contributed by atoms with E-state index in [1.807, 2.05) is 0 Å². The van der Waals surface area contributed by atoms with E-state index in [0.29, 0.717) is 11.3 Å². The summed E-state index contributed by atoms with van der Waals surface area (Å²) in [6, 6.07) is 6.40. The molecule has 20 heavy (non-hydrogen) atoms. The second-order valence-corrected chi connectivity index (χ2v) is 6.18. The first-order chi connectivity index (χ1) is 9.28. The smallest absolute Gasteiger partial charge is 0.319 e. The van der Waals surface area contributed by atoms with Crippen molar-refractivity contribution in [3.8, 4) is 0 Å². The molecule has 112 valence electrons. The Morgan fingerprint density at radius 2 is 2.05 bits per heavy atom. The van der Waals surface area contributed by atoms with Gasteiger partial charge in [0.05, 0.1) is 12.4 Å². The minimum atomic E-state index is -3.25. The monoisotopic (exact) mass is 301 g/mol. The summed E-state index contributed by atoms with van der Waals surface area (Å²) >= 11 is 0. The second kappa shape index (κ2) is 7.22. The third-order valence-electron chi connectivity index (χ3n) is 2.40. The van der Waals surface area contributed by atoms with Gasteiger partial charge in [-0.25, -0.2) is 17.9 Å². The van der Waals surface area contributed by atoms with E-state index in [0.717, 1.165) is 6.26 Å². The van der Waals surface area contributed by atoms with Crippen molar-refractivity contribution in [3.05, 3.63) is 29.8 Å². The van der Waals surface area contributed by atoms with Gasteiger partial charge < -0.3 is 15.7 Å². The number of aliphatic hydroxyl groups is 1. The van der Waals surface area contributed by atoms with E-state index in [9.17, 15) is 18.3 Å². The van der Waals surface area contributed by atoms with Gasteiger partial charge in [0.25, 0.3) is 0 Å². The van der Waals surface area contributed by atoms with Gasteiger partial charge in [0.1, 0.15) is 0 Å². The fourth-order valence-electron chi connectivity index (χ4n) is 1.46. The van der Waals surface area contributed by atoms with Crippen LogP contribution in [-0.2, 0) is 10.0 Å². The molecule has 0 saturated heterocycles. The molecule has 1 atom stereocenters. The van der Waals surface area contributed by atoms with E-state index >= 15 is 0 Å². The van der Waals surface area contributed by atoms with Crippen molar-refractivity contribution in [2.24, 2.45) is 0 Å². The van der Waals surface area contributed by atoms with Crippen LogP contribution in [0.5, 0.6) is 0 Å². The van der Waals surface area contributed by atoms with E-state index in [1.54, 1.807) is 31.2 Å². The predicted octanol–water partition coefficient (Wildman–Crippen LogP) is 0.411. The summed E-state index contributed by atoms with van der Waals surface area (Å²) in [5.74, 6) is 0. The van der Waals surface area contributed by atoms with Crippen LogP contribution in [0.4, 0.5) is 10.5 Å². The molecular weight excluding hydrogens is 282 g/mol. The lowest BCUT2D eigenvalue weighted by Gasteiger charge is -2.10. The summed E-state index contributed by atoms with van der Waals surface area (Å²) < 4.78 is 23.9. The molecule has 0 saturated carbocycles. The number of aliphatic hydroxyl groups excluding tert-OH is 1. The van der Waals surface area contributed by atoms with Gasteiger partial charge in [-0.2, -0.15) is 0 Å². The maximum Gasteiger partial charge on any atom is 0.319 e. The number of urea groups is 1. The number of carbonyl (C=O) groups excluding carboxylic acids is 1. The van der Waals surface area contributed by atoms with Crippen molar-refractivity contribution in [1.82, 2.24) is 10.0 Å². The minimum Gasteiger partial charge on any atom is -0.389 e. The van der Waals surface area contributed by atoms with Crippen LogP contribution in [0.15, 0.2) is 24.3 Å². The van der Waals surface area contributed by atoms with Gasteiger partial charge >= 0.3 is 6.03 Å². The maximum atomic E-state index is 11.6. The number of hydrogen-bond donors (Lipinski definition) is 4. The lowest BCUT2D eigenvalue weighted by atomic mass is 10.1. The van der Waals surface area contributed by atoms with Crippen LogP contribution in [0.2, 0.25) is 0 Å². The molecule has 8 heteroatoms. The molecule has 0 spiro atoms. The summed E-state index contributed by atoms with van der Waals surface area (Å²) in [5.41, 5.74) is 1.25. The lowest BCUT2D eigenvalue weighted by molar-refractivity contribution is 0.199. The third-order valence-corrected chi connectivity index (χ3v) is 3.13. The molecule has 0 bridgehead atoms. The van der Waals surface area contributed by atoms with Gasteiger partial charge in [-0.05, 0) is 24.6 Å². The average molecular weight is 301 g/mol. The molecule has 2 amide bonds. The molecule has 0 aliphatic rings. The maximum absolute atomic E-state index is 11.6. The Hall–Kier alpha value is -1.64. The van der Waals surface area contributed by atoms with Crippen molar-refractivity contribution < 1.29 is 18.3 Å². The Morgan fingerprint density at radius 3 is 2.65 bits per heavy atom. The zero-order valence-corrected chi connectivity index (χ0v) is 12.2. The summed E-state index contributed by atoms with van der Waals surface area (Å²) in [7, 11) is -3.25. The van der Waals surface area contributed by atoms with Crippen molar-refractivity contribution >= 4 is 21.7 Å². The summed E-state index contributed by atoms with van der Waals surface area (Å²) in [5, 5.41) is 14.5. The molecule has 0 aliphatic carbocycles. The van der Waals surface area contributed by atoms with Crippen LogP contribution in [0, 0.1) is 0 Å². The Bertz CT molecular complexity index is 558. The topological polar surface area (TPSA) is 108 Å². The Labute approximate surface area is 118 Å². The van der Waals surface area contributed by atoms with Crippen molar-refractivity contribution in [3.63, 3.8) is 0 Å². The molecule has 0 radical (unpaired) electrons. The zero-order chi connectivity index (χ0) is 15.2. The van der Waals surface area contributed by atoms with Crippen molar-refractivity contribution in [2.75, 3.05) is 24.7 Å². The molecule has 1 rings (SSSR count). The molecular formula is C12H19N3O4S. The van der Waals surface area contributed by atoms with Crippen LogP contribution in [-0.4, -0.2) is 38.9 Å². The summed E-state index contributed by atoms with van der Waals surface area (Å²) in [6.45, 7) is 1.94. The van der Waals surface area contributed by atoms with Crippen LogP contribution < -0.4 is 15.4 Å². The highest BCUT2D eigenvalue weighted by Gasteiger charge is 2.05. The van der Waals surface area contributed by atoms with Crippen molar-refractivity contribution in [2.45, 2.75) is 13.0 Å². The molecule has 1 aromatic rings. The average Bonchev–Trinajstić information content (AvgIpc) is 2.34. The molecule has 1 aromatic carbocycles. The van der Waals surface area contributed by atoms with Crippen LogP contribution in [0.1, 0.15) is 18.6 Å². The standard InChI is InChI=1S/C12H19N3O4S/c1-9(16)10-4-3-5-11(8-10)15-12(17)13-6-7-14-20(2,18)19/h3-5,8-9,14,16H,6-7H2,1-2H3,(H2,13,15,17). The van der Waals surface area contributed by atoms with E-state index in [2.05, 4.69) is 15.4 Å². The van der Waals surface area contributed by atoms with Gasteiger partial charge in [0.2, 0.25) is 10.0 Å². The minimum absolute atomic E-state index is 0.125. The second-order valence-electron chi connectivity index (χ2n) is 4.35. The number of sulfonamides is 1. The molecule has 0 aromatic heterocycles. The first kappa shape index (κ1) is 16.4. The number of rotatable bonds is 6. The quantitative estimate of drug-likeness (QED) is 0.571. The molecule has 0 aliphatic heterocycles. The predicted molar refractivity (Wildman–Crippen MR) is 76.9 cm³/mol. The number of hydrogen-bond acceptors (Lipinski definition) is 4. The fourth-order valence-corrected chi connectivity index (χ4v) is 1.94. The number of amides is 2. The van der Waals surface area contributed by atoms with Gasteiger partial charge in [0, 0.05) is 18.8 Å². The normalized spacial score (nSPS) is 12.8. The summed E-state index contributed by atoms with van der Waals surface area (Å²) in [4.78, 5) is 11.6. The highest BCUT2D eigenvalue weighted by atomic mass is 32.2. The molecule has 1 unspecified atom stereocenters. The van der Waals surface area contributed by atoms with E-state index in [-0.39, 0.29) is 13.1 Å². The van der Waals surface area contributed by atoms with Crippen LogP contribution in [0.25, 0.3) is 0 Å². The van der Waals surface area contributed by atoms with Crippen LogP contribution >= 0.6 is 0 Å². The number of benzene rings is 1. The largest absolute Gasteiger partial charge is 0.389 e. The number of carbonyl (C=O) groups is 1. The lowest BCUT2D eigenvalue weighted by Crippen LogP contribution is -2.36. The third kappa shape index (κ3) is 6.50. The highest BCUT2D eigenvalue weighted by molar-refractivity contribution is 7.88. The van der Waals surface area contributed by atoms with Gasteiger partial charge in [0.15, 0.2) is 0 Å². The number of anilines is 1. The summed E-state index contributed by atoms with van der Waals surface area (Å²) in [6.07, 6.45) is 0.438. The van der Waals surface area contributed by atoms with E-state index in [1.165, 1.54) is 0 Å². The van der Waals surface area contributed by atoms with E-state index in [4.69, 9.17) is 0 Å². The first-order valence-corrected chi connectivity index (χ1v) is 7.94.